The van der Waals surface area contributed by atoms with Crippen molar-refractivity contribution < 1.29 is 9.15 Å². The minimum atomic E-state index is 0.451. The first-order valence-corrected chi connectivity index (χ1v) is 8.94. The predicted molar refractivity (Wildman–Crippen MR) is 101 cm³/mol. The van der Waals surface area contributed by atoms with Gasteiger partial charge in [0.05, 0.1) is 13.7 Å². The molecule has 136 valence electrons. The molecule has 0 spiro atoms. The van der Waals surface area contributed by atoms with E-state index in [0.29, 0.717) is 6.04 Å². The Morgan fingerprint density at radius 3 is 2.69 bits per heavy atom. The van der Waals surface area contributed by atoms with E-state index in [4.69, 9.17) is 9.15 Å². The molecule has 1 aromatic carbocycles. The molecule has 1 N–H and O–H groups in total. The molecule has 26 heavy (non-hydrogen) atoms. The molecule has 1 aliphatic rings. The summed E-state index contributed by atoms with van der Waals surface area (Å²) in [6, 6.07) is 14.7. The largest absolute Gasteiger partial charge is 0.497 e. The summed E-state index contributed by atoms with van der Waals surface area (Å²) in [4.78, 5) is 4.90. The number of nitrogens with one attached hydrogen (secondary N) is 1. The Kier molecular flexibility index (Phi) is 4.67. The molecule has 4 rings (SSSR count). The summed E-state index contributed by atoms with van der Waals surface area (Å²) >= 11 is 0. The number of methoxy groups -OCH3 is 1. The van der Waals surface area contributed by atoms with Crippen LogP contribution >= 0.6 is 0 Å². The molecule has 0 aliphatic carbocycles. The molecule has 3 aromatic rings. The van der Waals surface area contributed by atoms with Gasteiger partial charge in [-0.15, -0.1) is 0 Å². The number of aromatic nitrogens is 2. The molecule has 1 saturated heterocycles. The van der Waals surface area contributed by atoms with Gasteiger partial charge in [0.1, 0.15) is 17.2 Å². The second kappa shape index (κ2) is 7.25. The predicted octanol–water partition coefficient (Wildman–Crippen LogP) is 3.39. The van der Waals surface area contributed by atoms with Gasteiger partial charge in [0, 0.05) is 37.6 Å². The summed E-state index contributed by atoms with van der Waals surface area (Å²) in [5.41, 5.74) is 2.16. The topological polar surface area (TPSA) is 57.5 Å². The van der Waals surface area contributed by atoms with Crippen LogP contribution in [0.25, 0.3) is 11.5 Å². The molecule has 0 bridgehead atoms. The van der Waals surface area contributed by atoms with Crippen LogP contribution in [0.5, 0.6) is 5.75 Å². The van der Waals surface area contributed by atoms with Crippen molar-refractivity contribution in [2.75, 3.05) is 31.6 Å². The normalized spacial score (nSPS) is 18.2. The quantitative estimate of drug-likeness (QED) is 0.763. The zero-order valence-corrected chi connectivity index (χ0v) is 15.2. The van der Waals surface area contributed by atoms with Crippen LogP contribution in [0.15, 0.2) is 53.1 Å². The molecule has 6 heteroatoms. The third-order valence-electron chi connectivity index (χ3n) is 4.99. The monoisotopic (exact) mass is 352 g/mol. The Hall–Kier alpha value is -2.73. The molecular formula is C20H24N4O2. The summed E-state index contributed by atoms with van der Waals surface area (Å²) in [6.07, 6.45) is 1.73. The van der Waals surface area contributed by atoms with Crippen LogP contribution < -0.4 is 9.64 Å². The van der Waals surface area contributed by atoms with Crippen molar-refractivity contribution in [2.24, 2.45) is 0 Å². The molecule has 0 radical (unpaired) electrons. The average molecular weight is 352 g/mol. The third kappa shape index (κ3) is 3.46. The minimum Gasteiger partial charge on any atom is -0.497 e. The molecule has 0 unspecified atom stereocenters. The van der Waals surface area contributed by atoms with Crippen molar-refractivity contribution in [3.05, 3.63) is 54.4 Å². The lowest BCUT2D eigenvalue weighted by Gasteiger charge is -2.40. The lowest BCUT2D eigenvalue weighted by Crippen LogP contribution is -2.51. The van der Waals surface area contributed by atoms with Crippen molar-refractivity contribution in [3.63, 3.8) is 0 Å². The molecule has 2 aromatic heterocycles. The maximum Gasteiger partial charge on any atom is 0.152 e. The Morgan fingerprint density at radius 2 is 2.00 bits per heavy atom. The van der Waals surface area contributed by atoms with Gasteiger partial charge in [-0.25, -0.2) is 0 Å². The highest BCUT2D eigenvalue weighted by Gasteiger charge is 2.24. The smallest absolute Gasteiger partial charge is 0.152 e. The molecule has 1 aliphatic heterocycles. The van der Waals surface area contributed by atoms with E-state index in [-0.39, 0.29) is 0 Å². The number of aromatic amines is 1. The number of piperazine rings is 1. The number of H-pyrrole nitrogens is 1. The highest BCUT2D eigenvalue weighted by Crippen LogP contribution is 2.25. The van der Waals surface area contributed by atoms with E-state index < -0.39 is 0 Å². The fourth-order valence-electron chi connectivity index (χ4n) is 3.46. The van der Waals surface area contributed by atoms with Gasteiger partial charge in [-0.2, -0.15) is 5.10 Å². The van der Waals surface area contributed by atoms with E-state index in [9.17, 15) is 0 Å². The minimum absolute atomic E-state index is 0.451. The van der Waals surface area contributed by atoms with Crippen LogP contribution in [0.2, 0.25) is 0 Å². The molecule has 0 amide bonds. The summed E-state index contributed by atoms with van der Waals surface area (Å²) in [5.74, 6) is 2.72. The zero-order chi connectivity index (χ0) is 17.9. The summed E-state index contributed by atoms with van der Waals surface area (Å²) < 4.78 is 11.2. The number of ether oxygens (including phenoxy) is 1. The number of rotatable bonds is 5. The van der Waals surface area contributed by atoms with Gasteiger partial charge in [-0.05, 0) is 49.4 Å². The van der Waals surface area contributed by atoms with Crippen molar-refractivity contribution >= 4 is 5.69 Å². The van der Waals surface area contributed by atoms with Crippen molar-refractivity contribution in [2.45, 2.75) is 19.5 Å². The van der Waals surface area contributed by atoms with Crippen LogP contribution in [0.3, 0.4) is 0 Å². The maximum absolute atomic E-state index is 5.98. The van der Waals surface area contributed by atoms with Gasteiger partial charge in [0.25, 0.3) is 0 Å². The number of nitrogens with zero attached hydrogens (tertiary/aromatic N) is 3. The lowest BCUT2D eigenvalue weighted by molar-refractivity contribution is 0.168. The Morgan fingerprint density at radius 1 is 1.15 bits per heavy atom. The fraction of sp³-hybridized carbons (Fsp3) is 0.350. The molecule has 3 heterocycles. The zero-order valence-electron chi connectivity index (χ0n) is 15.2. The van der Waals surface area contributed by atoms with E-state index in [1.807, 2.05) is 24.3 Å². The number of anilines is 1. The van der Waals surface area contributed by atoms with Crippen molar-refractivity contribution in [3.8, 4) is 17.2 Å². The maximum atomic E-state index is 5.98. The van der Waals surface area contributed by atoms with Gasteiger partial charge in [-0.1, -0.05) is 0 Å². The van der Waals surface area contributed by atoms with Gasteiger partial charge in [0.15, 0.2) is 5.76 Å². The van der Waals surface area contributed by atoms with Crippen LogP contribution in [-0.4, -0.2) is 47.9 Å². The van der Waals surface area contributed by atoms with Gasteiger partial charge in [0.2, 0.25) is 0 Å². The third-order valence-corrected chi connectivity index (χ3v) is 4.99. The molecular weight excluding hydrogens is 328 g/mol. The Bertz CT molecular complexity index is 826. The summed E-state index contributed by atoms with van der Waals surface area (Å²) in [6.45, 7) is 6.11. The molecule has 6 nitrogen and oxygen atoms in total. The lowest BCUT2D eigenvalue weighted by atomic mass is 10.1. The van der Waals surface area contributed by atoms with Crippen molar-refractivity contribution in [1.82, 2.24) is 15.1 Å². The second-order valence-electron chi connectivity index (χ2n) is 6.70. The fourth-order valence-corrected chi connectivity index (χ4v) is 3.46. The van der Waals surface area contributed by atoms with Crippen LogP contribution in [0.1, 0.15) is 12.7 Å². The van der Waals surface area contributed by atoms with Gasteiger partial charge >= 0.3 is 0 Å². The average Bonchev–Trinajstić information content (AvgIpc) is 3.35. The van der Waals surface area contributed by atoms with E-state index in [1.54, 1.807) is 13.3 Å². The van der Waals surface area contributed by atoms with Crippen LogP contribution in [0.4, 0.5) is 5.69 Å². The van der Waals surface area contributed by atoms with Gasteiger partial charge in [-0.3, -0.25) is 10.00 Å². The number of benzene rings is 1. The van der Waals surface area contributed by atoms with Crippen LogP contribution in [0, 0.1) is 0 Å². The molecule has 0 saturated carbocycles. The Labute approximate surface area is 153 Å². The molecule has 1 fully saturated rings. The first-order chi connectivity index (χ1) is 12.7. The van der Waals surface area contributed by atoms with E-state index in [0.717, 1.165) is 49.1 Å². The highest BCUT2D eigenvalue weighted by atomic mass is 16.5. The van der Waals surface area contributed by atoms with E-state index in [1.165, 1.54) is 5.69 Å². The van der Waals surface area contributed by atoms with Crippen LogP contribution in [-0.2, 0) is 6.54 Å². The van der Waals surface area contributed by atoms with Crippen molar-refractivity contribution in [1.29, 1.82) is 0 Å². The number of hydrogen-bond donors (Lipinski definition) is 1. The Balaban J connectivity index is 1.38. The van der Waals surface area contributed by atoms with E-state index >= 15 is 0 Å². The second-order valence-corrected chi connectivity index (χ2v) is 6.70. The van der Waals surface area contributed by atoms with Gasteiger partial charge < -0.3 is 14.1 Å². The molecule has 1 atom stereocenters. The van der Waals surface area contributed by atoms with E-state index in [2.05, 4.69) is 45.1 Å². The first kappa shape index (κ1) is 16.7. The SMILES string of the molecule is COc1ccc(N2CCN(Cc3ccc(-c4ccn[nH]4)o3)[C@H](C)C2)cc1. The standard InChI is InChI=1S/C20H24N4O2/c1-15-13-24(16-3-5-17(25-2)6-4-16)12-11-23(15)14-18-7-8-20(26-18)19-9-10-21-22-19/h3-10,15H,11-14H2,1-2H3,(H,21,22)/t15-/m1/s1. The summed E-state index contributed by atoms with van der Waals surface area (Å²) in [7, 11) is 1.70. The first-order valence-electron chi connectivity index (χ1n) is 8.94. The number of furan rings is 1. The highest BCUT2D eigenvalue weighted by molar-refractivity contribution is 5.51. The number of hydrogen-bond acceptors (Lipinski definition) is 5. The summed E-state index contributed by atoms with van der Waals surface area (Å²) in [5, 5.41) is 6.91.